The number of fused-ring (bicyclic) bond motifs is 1. The summed E-state index contributed by atoms with van der Waals surface area (Å²) in [6, 6.07) is 18.5. The van der Waals surface area contributed by atoms with Gasteiger partial charge in [0.2, 0.25) is 0 Å². The van der Waals surface area contributed by atoms with Gasteiger partial charge in [-0.15, -0.1) is 11.8 Å². The number of nitrogens with zero attached hydrogens (tertiary/aromatic N) is 2. The van der Waals surface area contributed by atoms with Gasteiger partial charge in [0.15, 0.2) is 16.3 Å². The zero-order chi connectivity index (χ0) is 31.5. The molecule has 7 nitrogen and oxygen atoms in total. The fourth-order valence-electron chi connectivity index (χ4n) is 4.84. The Morgan fingerprint density at radius 1 is 1.18 bits per heavy atom. The number of thioether (sulfide) groups is 1. The van der Waals surface area contributed by atoms with E-state index in [9.17, 15) is 9.59 Å². The molecule has 0 N–H and O–H groups in total. The molecule has 228 valence electrons. The van der Waals surface area contributed by atoms with Crippen LogP contribution in [-0.2, 0) is 16.1 Å². The van der Waals surface area contributed by atoms with Gasteiger partial charge < -0.3 is 14.2 Å². The molecule has 0 saturated carbocycles. The lowest BCUT2D eigenvalue weighted by Crippen LogP contribution is -2.40. The van der Waals surface area contributed by atoms with E-state index in [2.05, 4.69) is 22.6 Å². The van der Waals surface area contributed by atoms with E-state index in [-0.39, 0.29) is 18.3 Å². The van der Waals surface area contributed by atoms with Gasteiger partial charge in [0.05, 0.1) is 38.6 Å². The van der Waals surface area contributed by atoms with Crippen molar-refractivity contribution in [2.75, 3.05) is 13.4 Å². The SMILES string of the molecule is COc1cc(/C=c2\sc3n(c2=O)[C@@H](c2ccc(SC)cc2)C(C(=O)OC(C)C)=C(C)N=3)cc(I)c1OCc1ccccc1Cl. The van der Waals surface area contributed by atoms with Crippen LogP contribution in [0.25, 0.3) is 6.08 Å². The molecule has 1 atom stereocenters. The molecule has 2 heterocycles. The van der Waals surface area contributed by atoms with Crippen LogP contribution < -0.4 is 24.4 Å². The number of carbonyl (C=O) groups excluding carboxylic acids is 1. The van der Waals surface area contributed by atoms with E-state index in [0.29, 0.717) is 37.1 Å². The quantitative estimate of drug-likeness (QED) is 0.107. The van der Waals surface area contributed by atoms with Crippen LogP contribution in [0.2, 0.25) is 5.02 Å². The van der Waals surface area contributed by atoms with Gasteiger partial charge in [-0.25, -0.2) is 9.79 Å². The first kappa shape index (κ1) is 32.3. The normalized spacial score (nSPS) is 14.8. The third-order valence-corrected chi connectivity index (χ3v) is 9.79. The number of thiazole rings is 1. The first-order valence-electron chi connectivity index (χ1n) is 13.7. The molecule has 0 bridgehead atoms. The van der Waals surface area contributed by atoms with Crippen molar-refractivity contribution in [1.82, 2.24) is 4.57 Å². The highest BCUT2D eigenvalue weighted by Gasteiger charge is 2.33. The minimum atomic E-state index is -0.675. The maximum absolute atomic E-state index is 14.1. The van der Waals surface area contributed by atoms with Gasteiger partial charge in [0.1, 0.15) is 6.61 Å². The Hall–Kier alpha value is -3.06. The first-order valence-corrected chi connectivity index (χ1v) is 17.2. The molecule has 0 fully saturated rings. The summed E-state index contributed by atoms with van der Waals surface area (Å²) in [5.74, 6) is 0.634. The van der Waals surface area contributed by atoms with Crippen LogP contribution >= 0.6 is 57.3 Å². The number of hydrogen-bond acceptors (Lipinski definition) is 8. The summed E-state index contributed by atoms with van der Waals surface area (Å²) >= 11 is 11.4. The number of carbonyl (C=O) groups is 1. The lowest BCUT2D eigenvalue weighted by Gasteiger charge is -2.25. The summed E-state index contributed by atoms with van der Waals surface area (Å²) < 4.78 is 20.3. The maximum Gasteiger partial charge on any atom is 0.338 e. The fourth-order valence-corrected chi connectivity index (χ4v) is 7.27. The number of rotatable bonds is 9. The van der Waals surface area contributed by atoms with E-state index in [4.69, 9.17) is 30.8 Å². The molecule has 44 heavy (non-hydrogen) atoms. The molecule has 1 aromatic heterocycles. The van der Waals surface area contributed by atoms with Gasteiger partial charge in [-0.05, 0) is 97.2 Å². The predicted molar refractivity (Wildman–Crippen MR) is 185 cm³/mol. The Labute approximate surface area is 282 Å². The summed E-state index contributed by atoms with van der Waals surface area (Å²) in [6.45, 7) is 5.66. The van der Waals surface area contributed by atoms with E-state index in [0.717, 1.165) is 25.2 Å². The van der Waals surface area contributed by atoms with Crippen LogP contribution in [-0.4, -0.2) is 30.0 Å². The van der Waals surface area contributed by atoms with Crippen molar-refractivity contribution < 1.29 is 19.0 Å². The number of halogens is 2. The molecule has 1 aliphatic rings. The van der Waals surface area contributed by atoms with Crippen molar-refractivity contribution >= 4 is 69.3 Å². The summed E-state index contributed by atoms with van der Waals surface area (Å²) in [7, 11) is 1.58. The van der Waals surface area contributed by atoms with E-state index in [1.54, 1.807) is 44.2 Å². The fraction of sp³-hybridized carbons (Fsp3) is 0.242. The largest absolute Gasteiger partial charge is 0.493 e. The highest BCUT2D eigenvalue weighted by Crippen LogP contribution is 2.36. The molecule has 4 aromatic rings. The van der Waals surface area contributed by atoms with Gasteiger partial charge >= 0.3 is 5.97 Å². The summed E-state index contributed by atoms with van der Waals surface area (Å²) in [4.78, 5) is 33.7. The van der Waals surface area contributed by atoms with Crippen LogP contribution in [0.5, 0.6) is 11.5 Å². The van der Waals surface area contributed by atoms with Crippen molar-refractivity contribution in [1.29, 1.82) is 0 Å². The Morgan fingerprint density at radius 3 is 2.57 bits per heavy atom. The van der Waals surface area contributed by atoms with Crippen molar-refractivity contribution in [3.63, 3.8) is 0 Å². The topological polar surface area (TPSA) is 79.1 Å². The first-order chi connectivity index (χ1) is 21.1. The second-order valence-electron chi connectivity index (χ2n) is 10.2. The maximum atomic E-state index is 14.1. The van der Waals surface area contributed by atoms with Crippen LogP contribution in [0.15, 0.2) is 86.6 Å². The third-order valence-electron chi connectivity index (χ3n) is 6.90. The van der Waals surface area contributed by atoms with Crippen LogP contribution in [0.1, 0.15) is 43.5 Å². The van der Waals surface area contributed by atoms with Crippen molar-refractivity contribution in [3.8, 4) is 11.5 Å². The molecule has 5 rings (SSSR count). The number of aromatic nitrogens is 1. The van der Waals surface area contributed by atoms with Crippen LogP contribution in [0.4, 0.5) is 0 Å². The molecule has 0 saturated heterocycles. The highest BCUT2D eigenvalue weighted by atomic mass is 127. The second-order valence-corrected chi connectivity index (χ2v) is 13.7. The third kappa shape index (κ3) is 6.78. The minimum absolute atomic E-state index is 0.247. The molecule has 11 heteroatoms. The van der Waals surface area contributed by atoms with Crippen molar-refractivity contribution in [2.24, 2.45) is 4.99 Å². The Kier molecular flexibility index (Phi) is 10.2. The average Bonchev–Trinajstić information content (AvgIpc) is 3.29. The van der Waals surface area contributed by atoms with Gasteiger partial charge in [0.25, 0.3) is 5.56 Å². The van der Waals surface area contributed by atoms with Gasteiger partial charge in [-0.3, -0.25) is 9.36 Å². The highest BCUT2D eigenvalue weighted by molar-refractivity contribution is 14.1. The molecule has 0 unspecified atom stereocenters. The zero-order valence-electron chi connectivity index (χ0n) is 24.7. The molecular formula is C33H30ClIN2O5S2. The van der Waals surface area contributed by atoms with E-state index in [1.165, 1.54) is 11.3 Å². The molecule has 0 amide bonds. The number of hydrogen-bond donors (Lipinski definition) is 0. The molecule has 1 aliphatic heterocycles. The number of ether oxygens (including phenoxy) is 3. The Bertz CT molecular complexity index is 1930. The Morgan fingerprint density at radius 2 is 1.91 bits per heavy atom. The second kappa shape index (κ2) is 13.9. The minimum Gasteiger partial charge on any atom is -0.493 e. The number of esters is 1. The number of benzene rings is 3. The average molecular weight is 761 g/mol. The van der Waals surface area contributed by atoms with Crippen LogP contribution in [0.3, 0.4) is 0 Å². The Balaban J connectivity index is 1.58. The van der Waals surface area contributed by atoms with Crippen molar-refractivity contribution in [3.05, 3.63) is 117 Å². The summed E-state index contributed by atoms with van der Waals surface area (Å²) in [5, 5.41) is 0.628. The van der Waals surface area contributed by atoms with Gasteiger partial charge in [-0.1, -0.05) is 53.3 Å². The molecule has 0 aliphatic carbocycles. The number of methoxy groups -OCH3 is 1. The standard InChI is InChI=1S/C33H30ClIN2O5S2/c1-18(2)42-32(39)28-19(3)36-33-37(29(28)21-10-12-23(43-5)13-11-21)31(38)27(44-33)16-20-14-25(35)30(26(15-20)40-4)41-17-22-8-6-7-9-24(22)34/h6-16,18,29H,17H2,1-5H3/b27-16-/t29-/m0/s1. The molecule has 0 spiro atoms. The smallest absolute Gasteiger partial charge is 0.338 e. The monoisotopic (exact) mass is 760 g/mol. The van der Waals surface area contributed by atoms with E-state index >= 15 is 0 Å². The molecule has 0 radical (unpaired) electrons. The molecular weight excluding hydrogens is 731 g/mol. The van der Waals surface area contributed by atoms with Gasteiger partial charge in [0, 0.05) is 15.5 Å². The van der Waals surface area contributed by atoms with E-state index in [1.807, 2.05) is 73.0 Å². The zero-order valence-corrected chi connectivity index (χ0v) is 29.3. The summed E-state index contributed by atoms with van der Waals surface area (Å²) in [6.07, 6.45) is 3.49. The van der Waals surface area contributed by atoms with Crippen molar-refractivity contribution in [2.45, 2.75) is 44.4 Å². The molecule has 3 aromatic carbocycles. The summed E-state index contributed by atoms with van der Waals surface area (Å²) in [5.41, 5.74) is 3.06. The number of allylic oxidation sites excluding steroid dienone is 1. The van der Waals surface area contributed by atoms with E-state index < -0.39 is 12.0 Å². The van der Waals surface area contributed by atoms with Gasteiger partial charge in [-0.2, -0.15) is 0 Å². The lowest BCUT2D eigenvalue weighted by molar-refractivity contribution is -0.143. The lowest BCUT2D eigenvalue weighted by atomic mass is 9.96. The van der Waals surface area contributed by atoms with Crippen LogP contribution in [0, 0.1) is 3.57 Å². The predicted octanol–water partition coefficient (Wildman–Crippen LogP) is 6.75.